The van der Waals surface area contributed by atoms with Gasteiger partial charge in [0, 0.05) is 18.7 Å². The summed E-state index contributed by atoms with van der Waals surface area (Å²) < 4.78 is 5.34. The van der Waals surface area contributed by atoms with Crippen LogP contribution in [0.15, 0.2) is 12.1 Å². The standard InChI is InChI=1S/C13H18Cl2N2O2/c1-2-3-5-19-6-4-17-13(18)9-7-10(14)12(15)11(16)8-9/h7-8H,2-6,16H2,1H3,(H,17,18). The number of ether oxygens (including phenoxy) is 1. The molecule has 3 N–H and O–H groups in total. The van der Waals surface area contributed by atoms with Crippen molar-refractivity contribution in [3.05, 3.63) is 27.7 Å². The highest BCUT2D eigenvalue weighted by atomic mass is 35.5. The monoisotopic (exact) mass is 304 g/mol. The van der Waals surface area contributed by atoms with Gasteiger partial charge in [-0.05, 0) is 18.6 Å². The van der Waals surface area contributed by atoms with E-state index < -0.39 is 0 Å². The van der Waals surface area contributed by atoms with Crippen LogP contribution in [-0.2, 0) is 4.74 Å². The van der Waals surface area contributed by atoms with Gasteiger partial charge in [0.2, 0.25) is 0 Å². The number of hydrogen-bond donors (Lipinski definition) is 2. The second-order valence-corrected chi connectivity index (χ2v) is 4.87. The molecule has 0 saturated heterocycles. The smallest absolute Gasteiger partial charge is 0.251 e. The fourth-order valence-electron chi connectivity index (χ4n) is 1.43. The van der Waals surface area contributed by atoms with Gasteiger partial charge < -0.3 is 15.8 Å². The van der Waals surface area contributed by atoms with E-state index in [4.69, 9.17) is 33.7 Å². The minimum Gasteiger partial charge on any atom is -0.397 e. The van der Waals surface area contributed by atoms with Crippen LogP contribution >= 0.6 is 23.2 Å². The van der Waals surface area contributed by atoms with Gasteiger partial charge in [-0.15, -0.1) is 0 Å². The van der Waals surface area contributed by atoms with Gasteiger partial charge in [0.05, 0.1) is 22.3 Å². The fraction of sp³-hybridized carbons (Fsp3) is 0.462. The molecule has 1 aromatic rings. The summed E-state index contributed by atoms with van der Waals surface area (Å²) in [4.78, 5) is 11.8. The Balaban J connectivity index is 2.42. The van der Waals surface area contributed by atoms with Gasteiger partial charge in [-0.3, -0.25) is 4.79 Å². The lowest BCUT2D eigenvalue weighted by molar-refractivity contribution is 0.0913. The van der Waals surface area contributed by atoms with Gasteiger partial charge in [-0.25, -0.2) is 0 Å². The van der Waals surface area contributed by atoms with Crippen LogP contribution < -0.4 is 11.1 Å². The van der Waals surface area contributed by atoms with Crippen molar-refractivity contribution >= 4 is 34.8 Å². The van der Waals surface area contributed by atoms with Gasteiger partial charge in [0.25, 0.3) is 5.91 Å². The Hall–Kier alpha value is -0.970. The molecule has 4 nitrogen and oxygen atoms in total. The normalized spacial score (nSPS) is 10.5. The number of carbonyl (C=O) groups is 1. The zero-order valence-corrected chi connectivity index (χ0v) is 12.4. The quantitative estimate of drug-likeness (QED) is 0.601. The summed E-state index contributed by atoms with van der Waals surface area (Å²) in [5.74, 6) is -0.246. The van der Waals surface area contributed by atoms with E-state index in [1.54, 1.807) is 0 Å². The first-order valence-corrected chi connectivity index (χ1v) is 6.92. The number of nitrogens with one attached hydrogen (secondary N) is 1. The number of anilines is 1. The van der Waals surface area contributed by atoms with E-state index in [-0.39, 0.29) is 16.0 Å². The first-order chi connectivity index (χ1) is 9.06. The number of benzene rings is 1. The molecule has 0 atom stereocenters. The molecule has 19 heavy (non-hydrogen) atoms. The number of unbranched alkanes of at least 4 members (excludes halogenated alkanes) is 1. The average Bonchev–Trinajstić information content (AvgIpc) is 2.39. The lowest BCUT2D eigenvalue weighted by Crippen LogP contribution is -2.27. The molecular weight excluding hydrogens is 287 g/mol. The molecule has 0 unspecified atom stereocenters. The molecule has 1 aromatic carbocycles. The van der Waals surface area contributed by atoms with E-state index in [1.807, 2.05) is 0 Å². The second-order valence-electron chi connectivity index (χ2n) is 4.08. The molecule has 1 rings (SSSR count). The largest absolute Gasteiger partial charge is 0.397 e. The molecule has 0 aromatic heterocycles. The minimum absolute atomic E-state index is 0.246. The van der Waals surface area contributed by atoms with Crippen LogP contribution in [0.2, 0.25) is 10.0 Å². The number of amides is 1. The fourth-order valence-corrected chi connectivity index (χ4v) is 1.76. The molecular formula is C13H18Cl2N2O2. The Kier molecular flexibility index (Phi) is 6.99. The number of halogens is 2. The summed E-state index contributed by atoms with van der Waals surface area (Å²) in [7, 11) is 0. The van der Waals surface area contributed by atoms with Gasteiger partial charge in [-0.2, -0.15) is 0 Å². The Bertz CT molecular complexity index is 416. The summed E-state index contributed by atoms with van der Waals surface area (Å²) >= 11 is 11.7. The highest BCUT2D eigenvalue weighted by Crippen LogP contribution is 2.29. The average molecular weight is 305 g/mol. The summed E-state index contributed by atoms with van der Waals surface area (Å²) in [6.45, 7) is 3.75. The van der Waals surface area contributed by atoms with Crippen LogP contribution in [0.25, 0.3) is 0 Å². The highest BCUT2D eigenvalue weighted by molar-refractivity contribution is 6.43. The van der Waals surface area contributed by atoms with Gasteiger partial charge in [0.15, 0.2) is 0 Å². The van der Waals surface area contributed by atoms with Crippen LogP contribution in [0.5, 0.6) is 0 Å². The maximum Gasteiger partial charge on any atom is 0.251 e. The predicted molar refractivity (Wildman–Crippen MR) is 78.9 cm³/mol. The number of carbonyl (C=O) groups excluding carboxylic acids is 1. The molecule has 0 spiro atoms. The van der Waals surface area contributed by atoms with Gasteiger partial charge in [0.1, 0.15) is 0 Å². The Morgan fingerprint density at radius 2 is 2.11 bits per heavy atom. The van der Waals surface area contributed by atoms with Crippen molar-refractivity contribution in [1.82, 2.24) is 5.32 Å². The molecule has 0 saturated carbocycles. The van der Waals surface area contributed by atoms with Crippen LogP contribution in [0.3, 0.4) is 0 Å². The zero-order chi connectivity index (χ0) is 14.3. The second kappa shape index (κ2) is 8.25. The van der Waals surface area contributed by atoms with Crippen molar-refractivity contribution < 1.29 is 9.53 Å². The molecule has 0 heterocycles. The lowest BCUT2D eigenvalue weighted by Gasteiger charge is -2.08. The topological polar surface area (TPSA) is 64.3 Å². The van der Waals surface area contributed by atoms with Crippen LogP contribution in [0.4, 0.5) is 5.69 Å². The van der Waals surface area contributed by atoms with E-state index >= 15 is 0 Å². The van der Waals surface area contributed by atoms with Crippen molar-refractivity contribution in [2.75, 3.05) is 25.5 Å². The van der Waals surface area contributed by atoms with Crippen molar-refractivity contribution in [2.24, 2.45) is 0 Å². The van der Waals surface area contributed by atoms with E-state index in [9.17, 15) is 4.79 Å². The van der Waals surface area contributed by atoms with Crippen LogP contribution in [-0.4, -0.2) is 25.7 Å². The Labute approximate surface area is 123 Å². The summed E-state index contributed by atoms with van der Waals surface area (Å²) in [6.07, 6.45) is 2.12. The van der Waals surface area contributed by atoms with Gasteiger partial charge in [-0.1, -0.05) is 36.5 Å². The highest BCUT2D eigenvalue weighted by Gasteiger charge is 2.10. The number of hydrogen-bond acceptors (Lipinski definition) is 3. The van der Waals surface area contributed by atoms with E-state index in [0.717, 1.165) is 12.8 Å². The first kappa shape index (κ1) is 16.1. The maximum atomic E-state index is 11.8. The third kappa shape index (κ3) is 5.27. The third-order valence-electron chi connectivity index (χ3n) is 2.49. The number of nitrogen functional groups attached to an aromatic ring is 1. The van der Waals surface area contributed by atoms with E-state index in [2.05, 4.69) is 12.2 Å². The molecule has 0 bridgehead atoms. The molecule has 0 radical (unpaired) electrons. The predicted octanol–water partition coefficient (Wildman–Crippen LogP) is 3.12. The van der Waals surface area contributed by atoms with Gasteiger partial charge >= 0.3 is 0 Å². The van der Waals surface area contributed by atoms with Crippen molar-refractivity contribution in [3.8, 4) is 0 Å². The molecule has 106 valence electrons. The minimum atomic E-state index is -0.246. The lowest BCUT2D eigenvalue weighted by atomic mass is 10.2. The number of nitrogens with two attached hydrogens (primary N) is 1. The summed E-state index contributed by atoms with van der Waals surface area (Å²) in [6, 6.07) is 3.00. The molecule has 0 aliphatic carbocycles. The third-order valence-corrected chi connectivity index (χ3v) is 3.31. The van der Waals surface area contributed by atoms with Crippen LogP contribution in [0.1, 0.15) is 30.1 Å². The Morgan fingerprint density at radius 1 is 1.37 bits per heavy atom. The first-order valence-electron chi connectivity index (χ1n) is 6.16. The molecule has 0 fully saturated rings. The zero-order valence-electron chi connectivity index (χ0n) is 10.8. The van der Waals surface area contributed by atoms with Crippen molar-refractivity contribution in [1.29, 1.82) is 0 Å². The molecule has 6 heteroatoms. The van der Waals surface area contributed by atoms with Crippen LogP contribution in [0, 0.1) is 0 Å². The number of rotatable bonds is 7. The van der Waals surface area contributed by atoms with Crippen molar-refractivity contribution in [3.63, 3.8) is 0 Å². The van der Waals surface area contributed by atoms with Crippen molar-refractivity contribution in [2.45, 2.75) is 19.8 Å². The summed E-state index contributed by atoms with van der Waals surface area (Å²) in [5, 5.41) is 3.26. The Morgan fingerprint density at radius 3 is 2.74 bits per heavy atom. The molecule has 0 aliphatic heterocycles. The summed E-state index contributed by atoms with van der Waals surface area (Å²) in [5.41, 5.74) is 6.33. The molecule has 0 aliphatic rings. The van der Waals surface area contributed by atoms with E-state index in [0.29, 0.717) is 31.0 Å². The van der Waals surface area contributed by atoms with E-state index in [1.165, 1.54) is 12.1 Å². The maximum absolute atomic E-state index is 11.8. The SMILES string of the molecule is CCCCOCCNC(=O)c1cc(N)c(Cl)c(Cl)c1. The molecule has 1 amide bonds.